The molecule has 3 aromatic heterocycles. The minimum Gasteiger partial charge on any atom is -0.353 e. The summed E-state index contributed by atoms with van der Waals surface area (Å²) in [5, 5.41) is 12.6. The third kappa shape index (κ3) is 4.10. The van der Waals surface area contributed by atoms with E-state index >= 15 is 0 Å². The average Bonchev–Trinajstić information content (AvgIpc) is 3.37. The van der Waals surface area contributed by atoms with Crippen LogP contribution in [0, 0.1) is 0 Å². The van der Waals surface area contributed by atoms with Crippen molar-refractivity contribution in [2.75, 3.05) is 31.1 Å². The number of hydrogen-bond acceptors (Lipinski definition) is 8. The molecule has 4 heterocycles. The number of hydrogen-bond donors (Lipinski definition) is 0. The Morgan fingerprint density at radius 3 is 2.52 bits per heavy atom. The summed E-state index contributed by atoms with van der Waals surface area (Å²) in [4.78, 5) is 7.91. The van der Waals surface area contributed by atoms with E-state index in [2.05, 4.69) is 20.4 Å². The molecule has 0 saturated carbocycles. The lowest BCUT2D eigenvalue weighted by Crippen LogP contribution is -2.48. The van der Waals surface area contributed by atoms with Crippen molar-refractivity contribution in [2.24, 2.45) is 0 Å². The number of pyridine rings is 1. The lowest BCUT2D eigenvalue weighted by atomic mass is 10.2. The molecular weight excluding hydrogens is 457 g/mol. The van der Waals surface area contributed by atoms with Crippen LogP contribution in [0.25, 0.3) is 11.4 Å². The monoisotopic (exact) mass is 473 g/mol. The maximum Gasteiger partial charge on any atom is 0.252 e. The highest BCUT2D eigenvalue weighted by atomic mass is 35.5. The van der Waals surface area contributed by atoms with E-state index in [-0.39, 0.29) is 4.21 Å². The van der Waals surface area contributed by atoms with Gasteiger partial charge in [0.2, 0.25) is 5.82 Å². The summed E-state index contributed by atoms with van der Waals surface area (Å²) in [6.45, 7) is 4.18. The standard InChI is InChI=1S/C16H17Cl2N7O2S2/c1-2-25-21-15(20-22-25)11-9-12(17)16(19-10-11)23-5-7-24(8-6-23)29(26,27)14-4-3-13(18)28-14/h3-4,9-10H,2,5-8H2,1H3. The Morgan fingerprint density at radius 1 is 1.17 bits per heavy atom. The number of rotatable bonds is 5. The molecule has 0 bridgehead atoms. The number of sulfonamides is 1. The summed E-state index contributed by atoms with van der Waals surface area (Å²) in [5.41, 5.74) is 0.675. The maximum absolute atomic E-state index is 12.7. The van der Waals surface area contributed by atoms with Gasteiger partial charge in [-0.1, -0.05) is 23.2 Å². The predicted octanol–water partition coefficient (Wildman–Crippen LogP) is 2.63. The smallest absolute Gasteiger partial charge is 0.252 e. The fraction of sp³-hybridized carbons (Fsp3) is 0.375. The van der Waals surface area contributed by atoms with Gasteiger partial charge in [0.25, 0.3) is 10.0 Å². The third-order valence-corrected chi connectivity index (χ3v) is 8.37. The number of piperazine rings is 1. The molecule has 0 N–H and O–H groups in total. The number of thiophene rings is 1. The van der Waals surface area contributed by atoms with Crippen LogP contribution in [0.1, 0.15) is 6.92 Å². The topological polar surface area (TPSA) is 97.1 Å². The molecule has 0 atom stereocenters. The molecular formula is C16H17Cl2N7O2S2. The highest BCUT2D eigenvalue weighted by Gasteiger charge is 2.30. The summed E-state index contributed by atoms with van der Waals surface area (Å²) in [5.74, 6) is 1.06. The van der Waals surface area contributed by atoms with E-state index in [4.69, 9.17) is 23.2 Å². The van der Waals surface area contributed by atoms with Crippen molar-refractivity contribution in [1.29, 1.82) is 0 Å². The van der Waals surface area contributed by atoms with Crippen molar-refractivity contribution >= 4 is 50.4 Å². The van der Waals surface area contributed by atoms with Gasteiger partial charge in [-0.3, -0.25) is 0 Å². The molecule has 0 amide bonds. The van der Waals surface area contributed by atoms with Crippen LogP contribution in [0.4, 0.5) is 5.82 Å². The Morgan fingerprint density at radius 2 is 1.93 bits per heavy atom. The minimum absolute atomic E-state index is 0.254. The molecule has 0 aliphatic carbocycles. The number of tetrazole rings is 1. The SMILES string of the molecule is CCn1nnc(-c2cnc(N3CCN(S(=O)(=O)c4ccc(Cl)s4)CC3)c(Cl)c2)n1. The van der Waals surface area contributed by atoms with Gasteiger partial charge in [-0.05, 0) is 30.3 Å². The van der Waals surface area contributed by atoms with Crippen LogP contribution in [0.5, 0.6) is 0 Å². The van der Waals surface area contributed by atoms with Gasteiger partial charge in [0, 0.05) is 37.9 Å². The van der Waals surface area contributed by atoms with Crippen molar-refractivity contribution in [3.05, 3.63) is 33.8 Å². The number of aryl methyl sites for hydroxylation is 1. The van der Waals surface area contributed by atoms with Crippen LogP contribution < -0.4 is 4.90 Å². The number of nitrogens with zero attached hydrogens (tertiary/aromatic N) is 7. The minimum atomic E-state index is -3.54. The van der Waals surface area contributed by atoms with Gasteiger partial charge in [-0.15, -0.1) is 21.5 Å². The van der Waals surface area contributed by atoms with Crippen LogP contribution >= 0.6 is 34.5 Å². The number of aromatic nitrogens is 5. The molecule has 0 aromatic carbocycles. The summed E-state index contributed by atoms with van der Waals surface area (Å²) in [6.07, 6.45) is 1.65. The Kier molecular flexibility index (Phi) is 5.76. The molecule has 1 aliphatic heterocycles. The zero-order valence-electron chi connectivity index (χ0n) is 15.4. The van der Waals surface area contributed by atoms with E-state index < -0.39 is 10.0 Å². The van der Waals surface area contributed by atoms with Crippen molar-refractivity contribution in [1.82, 2.24) is 29.5 Å². The Hall–Kier alpha value is -1.79. The van der Waals surface area contributed by atoms with Crippen molar-refractivity contribution in [2.45, 2.75) is 17.7 Å². The van der Waals surface area contributed by atoms with E-state index in [1.54, 1.807) is 18.3 Å². The quantitative estimate of drug-likeness (QED) is 0.561. The van der Waals surface area contributed by atoms with Crippen LogP contribution in [0.15, 0.2) is 28.6 Å². The first-order valence-electron chi connectivity index (χ1n) is 8.82. The molecule has 0 spiro atoms. The average molecular weight is 474 g/mol. The molecule has 1 saturated heterocycles. The van der Waals surface area contributed by atoms with Gasteiger partial charge in [0.1, 0.15) is 10.0 Å². The van der Waals surface area contributed by atoms with Crippen molar-refractivity contribution in [3.8, 4) is 11.4 Å². The van der Waals surface area contributed by atoms with Crippen LogP contribution in [-0.2, 0) is 16.6 Å². The van der Waals surface area contributed by atoms with Gasteiger partial charge < -0.3 is 4.90 Å². The Bertz CT molecular complexity index is 1120. The number of halogens is 2. The second kappa shape index (κ2) is 8.15. The van der Waals surface area contributed by atoms with Gasteiger partial charge >= 0.3 is 0 Å². The molecule has 1 fully saturated rings. The molecule has 154 valence electrons. The van der Waals surface area contributed by atoms with Gasteiger partial charge in [0.15, 0.2) is 0 Å². The van der Waals surface area contributed by atoms with E-state index in [1.807, 2.05) is 11.8 Å². The molecule has 3 aromatic rings. The van der Waals surface area contributed by atoms with E-state index in [9.17, 15) is 8.42 Å². The highest BCUT2D eigenvalue weighted by molar-refractivity contribution is 7.91. The van der Waals surface area contributed by atoms with Crippen LogP contribution in [-0.4, -0.2) is 64.1 Å². The zero-order chi connectivity index (χ0) is 20.6. The van der Waals surface area contributed by atoms with Gasteiger partial charge in [0.05, 0.1) is 15.9 Å². The highest BCUT2D eigenvalue weighted by Crippen LogP contribution is 2.31. The maximum atomic E-state index is 12.7. The fourth-order valence-corrected chi connectivity index (χ4v) is 6.33. The largest absolute Gasteiger partial charge is 0.353 e. The number of anilines is 1. The molecule has 9 nitrogen and oxygen atoms in total. The normalized spacial score (nSPS) is 15.8. The second-order valence-electron chi connectivity index (χ2n) is 6.28. The second-order valence-corrected chi connectivity index (χ2v) is 10.6. The predicted molar refractivity (Wildman–Crippen MR) is 112 cm³/mol. The molecule has 0 unspecified atom stereocenters. The summed E-state index contributed by atoms with van der Waals surface area (Å²) < 4.78 is 27.6. The van der Waals surface area contributed by atoms with Crippen LogP contribution in [0.3, 0.4) is 0 Å². The molecule has 4 rings (SSSR count). The lowest BCUT2D eigenvalue weighted by molar-refractivity contribution is 0.385. The first kappa shape index (κ1) is 20.5. The Labute approximate surface area is 181 Å². The third-order valence-electron chi connectivity index (χ3n) is 4.50. The van der Waals surface area contributed by atoms with E-state index in [1.165, 1.54) is 15.2 Å². The first-order valence-corrected chi connectivity index (χ1v) is 11.8. The van der Waals surface area contributed by atoms with Crippen molar-refractivity contribution < 1.29 is 8.42 Å². The van der Waals surface area contributed by atoms with E-state index in [0.717, 1.165) is 11.3 Å². The molecule has 0 radical (unpaired) electrons. The lowest BCUT2D eigenvalue weighted by Gasteiger charge is -2.34. The first-order chi connectivity index (χ1) is 13.9. The van der Waals surface area contributed by atoms with Gasteiger partial charge in [-0.25, -0.2) is 13.4 Å². The van der Waals surface area contributed by atoms with Crippen LogP contribution in [0.2, 0.25) is 9.36 Å². The zero-order valence-corrected chi connectivity index (χ0v) is 18.5. The Balaban J connectivity index is 1.47. The van der Waals surface area contributed by atoms with Crippen molar-refractivity contribution in [3.63, 3.8) is 0 Å². The summed E-state index contributed by atoms with van der Waals surface area (Å²) in [6, 6.07) is 4.88. The van der Waals surface area contributed by atoms with Gasteiger partial charge in [-0.2, -0.15) is 9.10 Å². The molecule has 29 heavy (non-hydrogen) atoms. The summed E-state index contributed by atoms with van der Waals surface area (Å²) >= 11 is 13.4. The fourth-order valence-electron chi connectivity index (χ4n) is 2.98. The molecule has 1 aliphatic rings. The summed E-state index contributed by atoms with van der Waals surface area (Å²) in [7, 11) is -3.54. The van der Waals surface area contributed by atoms with E-state index in [0.29, 0.717) is 59.3 Å². The molecule has 13 heteroatoms.